The number of anilines is 1. The zero-order chi connectivity index (χ0) is 12.5. The molecule has 0 bridgehead atoms. The van der Waals surface area contributed by atoms with Crippen LogP contribution < -0.4 is 4.90 Å². The smallest absolute Gasteiger partial charge is 0.230 e. The van der Waals surface area contributed by atoms with Crippen LogP contribution in [-0.4, -0.2) is 28.0 Å². The molecule has 2 aromatic heterocycles. The number of rotatable bonds is 2. The molecule has 0 radical (unpaired) electrons. The normalized spacial score (nSPS) is 15.3. The summed E-state index contributed by atoms with van der Waals surface area (Å²) < 4.78 is 0. The summed E-state index contributed by atoms with van der Waals surface area (Å²) in [4.78, 5) is 17.4. The van der Waals surface area contributed by atoms with Gasteiger partial charge in [0.2, 0.25) is 11.2 Å². The third-order valence-electron chi connectivity index (χ3n) is 2.95. The Morgan fingerprint density at radius 1 is 1.17 bits per heavy atom. The Kier molecular flexibility index (Phi) is 3.18. The summed E-state index contributed by atoms with van der Waals surface area (Å²) in [5, 5.41) is 0.271. The van der Waals surface area contributed by atoms with Crippen molar-refractivity contribution in [3.8, 4) is 10.7 Å². The van der Waals surface area contributed by atoms with Gasteiger partial charge in [-0.15, -0.1) is 11.3 Å². The Labute approximate surface area is 115 Å². The molecule has 0 aromatic carbocycles. The van der Waals surface area contributed by atoms with Crippen molar-refractivity contribution < 1.29 is 0 Å². The Bertz CT molecular complexity index is 563. The number of nitrogens with zero attached hydrogens (tertiary/aromatic N) is 4. The largest absolute Gasteiger partial charge is 0.341 e. The van der Waals surface area contributed by atoms with E-state index in [-0.39, 0.29) is 5.28 Å². The first-order chi connectivity index (χ1) is 8.72. The van der Waals surface area contributed by atoms with E-state index < -0.39 is 0 Å². The molecule has 2 aromatic rings. The van der Waals surface area contributed by atoms with Gasteiger partial charge in [0, 0.05) is 18.0 Å². The molecule has 18 heavy (non-hydrogen) atoms. The Morgan fingerprint density at radius 2 is 1.94 bits per heavy atom. The quantitative estimate of drug-likeness (QED) is 0.847. The molecule has 1 aliphatic heterocycles. The van der Waals surface area contributed by atoms with E-state index in [0.29, 0.717) is 11.8 Å². The van der Waals surface area contributed by atoms with E-state index >= 15 is 0 Å². The lowest BCUT2D eigenvalue weighted by atomic mass is 10.4. The van der Waals surface area contributed by atoms with Gasteiger partial charge in [-0.1, -0.05) is 0 Å². The molecule has 94 valence electrons. The molecule has 3 heterocycles. The number of hydrogen-bond acceptors (Lipinski definition) is 5. The van der Waals surface area contributed by atoms with Crippen molar-refractivity contribution in [3.05, 3.63) is 22.3 Å². The fourth-order valence-corrected chi connectivity index (χ4v) is 3.02. The zero-order valence-corrected chi connectivity index (χ0v) is 11.6. The highest BCUT2D eigenvalue weighted by atomic mass is 35.5. The molecule has 3 rings (SSSR count). The van der Waals surface area contributed by atoms with Crippen LogP contribution in [0.5, 0.6) is 0 Å². The topological polar surface area (TPSA) is 41.9 Å². The number of aryl methyl sites for hydroxylation is 1. The SMILES string of the molecule is Cc1ccc(-c2nc(Cl)nc(N3CCCC3)n2)s1. The summed E-state index contributed by atoms with van der Waals surface area (Å²) in [5.74, 6) is 1.38. The Morgan fingerprint density at radius 3 is 2.61 bits per heavy atom. The highest BCUT2D eigenvalue weighted by Crippen LogP contribution is 2.27. The molecular formula is C12H13ClN4S. The predicted molar refractivity (Wildman–Crippen MR) is 74.3 cm³/mol. The van der Waals surface area contributed by atoms with Gasteiger partial charge >= 0.3 is 0 Å². The van der Waals surface area contributed by atoms with Crippen LogP contribution in [0.3, 0.4) is 0 Å². The minimum Gasteiger partial charge on any atom is -0.341 e. The first-order valence-electron chi connectivity index (χ1n) is 5.96. The highest BCUT2D eigenvalue weighted by molar-refractivity contribution is 7.15. The van der Waals surface area contributed by atoms with Gasteiger partial charge in [-0.05, 0) is 43.5 Å². The molecule has 1 saturated heterocycles. The van der Waals surface area contributed by atoms with Crippen molar-refractivity contribution in [2.75, 3.05) is 18.0 Å². The third-order valence-corrected chi connectivity index (χ3v) is 4.11. The van der Waals surface area contributed by atoms with Gasteiger partial charge in [-0.2, -0.15) is 15.0 Å². The number of halogens is 1. The molecule has 6 heteroatoms. The lowest BCUT2D eigenvalue weighted by Crippen LogP contribution is -2.21. The minimum absolute atomic E-state index is 0.271. The van der Waals surface area contributed by atoms with E-state index in [0.717, 1.165) is 18.0 Å². The van der Waals surface area contributed by atoms with Crippen molar-refractivity contribution in [3.63, 3.8) is 0 Å². The van der Waals surface area contributed by atoms with Gasteiger partial charge in [0.15, 0.2) is 5.82 Å². The maximum absolute atomic E-state index is 6.00. The molecule has 0 N–H and O–H groups in total. The summed E-state index contributed by atoms with van der Waals surface area (Å²) in [5.41, 5.74) is 0. The Balaban J connectivity index is 1.99. The molecule has 0 atom stereocenters. The fourth-order valence-electron chi connectivity index (χ4n) is 2.06. The summed E-state index contributed by atoms with van der Waals surface area (Å²) in [7, 11) is 0. The summed E-state index contributed by atoms with van der Waals surface area (Å²) >= 11 is 7.67. The van der Waals surface area contributed by atoms with Crippen molar-refractivity contribution in [2.24, 2.45) is 0 Å². The van der Waals surface area contributed by atoms with Gasteiger partial charge in [0.1, 0.15) is 0 Å². The lowest BCUT2D eigenvalue weighted by molar-refractivity contribution is 0.883. The molecule has 0 spiro atoms. The fraction of sp³-hybridized carbons (Fsp3) is 0.417. The van der Waals surface area contributed by atoms with Crippen LogP contribution >= 0.6 is 22.9 Å². The van der Waals surface area contributed by atoms with Gasteiger partial charge in [0.25, 0.3) is 0 Å². The van der Waals surface area contributed by atoms with Gasteiger partial charge in [0.05, 0.1) is 4.88 Å². The van der Waals surface area contributed by atoms with Crippen LogP contribution in [0.2, 0.25) is 5.28 Å². The monoisotopic (exact) mass is 280 g/mol. The molecule has 1 fully saturated rings. The molecular weight excluding hydrogens is 268 g/mol. The lowest BCUT2D eigenvalue weighted by Gasteiger charge is -2.15. The molecule has 0 amide bonds. The summed E-state index contributed by atoms with van der Waals surface area (Å²) in [6.07, 6.45) is 2.38. The predicted octanol–water partition coefficient (Wildman–Crippen LogP) is 3.16. The maximum atomic E-state index is 6.00. The Hall–Kier alpha value is -1.20. The first kappa shape index (κ1) is 11.9. The minimum atomic E-state index is 0.271. The average Bonchev–Trinajstić information content (AvgIpc) is 2.98. The van der Waals surface area contributed by atoms with E-state index in [2.05, 4.69) is 32.8 Å². The standard InChI is InChI=1S/C12H13ClN4S/c1-8-4-5-9(18-8)10-14-11(13)16-12(15-10)17-6-2-3-7-17/h4-5H,2-3,6-7H2,1H3. The van der Waals surface area contributed by atoms with Crippen LogP contribution in [0.25, 0.3) is 10.7 Å². The molecule has 0 saturated carbocycles. The van der Waals surface area contributed by atoms with Crippen molar-refractivity contribution >= 4 is 28.9 Å². The van der Waals surface area contributed by atoms with E-state index in [1.807, 2.05) is 6.07 Å². The number of aromatic nitrogens is 3. The molecule has 0 aliphatic carbocycles. The highest BCUT2D eigenvalue weighted by Gasteiger charge is 2.17. The second-order valence-corrected chi connectivity index (χ2v) is 5.96. The van der Waals surface area contributed by atoms with Crippen LogP contribution in [0.1, 0.15) is 17.7 Å². The molecule has 4 nitrogen and oxygen atoms in total. The van der Waals surface area contributed by atoms with Crippen LogP contribution in [0.15, 0.2) is 12.1 Å². The van der Waals surface area contributed by atoms with Crippen molar-refractivity contribution in [1.29, 1.82) is 0 Å². The van der Waals surface area contributed by atoms with Crippen molar-refractivity contribution in [1.82, 2.24) is 15.0 Å². The second-order valence-electron chi connectivity index (χ2n) is 4.33. The van der Waals surface area contributed by atoms with Crippen LogP contribution in [0, 0.1) is 6.92 Å². The second kappa shape index (κ2) is 4.82. The zero-order valence-electron chi connectivity index (χ0n) is 10.1. The first-order valence-corrected chi connectivity index (χ1v) is 7.15. The van der Waals surface area contributed by atoms with E-state index in [1.54, 1.807) is 11.3 Å². The van der Waals surface area contributed by atoms with Crippen molar-refractivity contribution in [2.45, 2.75) is 19.8 Å². The van der Waals surface area contributed by atoms with E-state index in [9.17, 15) is 0 Å². The van der Waals surface area contributed by atoms with Crippen LogP contribution in [-0.2, 0) is 0 Å². The summed E-state index contributed by atoms with van der Waals surface area (Å²) in [6.45, 7) is 4.07. The molecule has 1 aliphatic rings. The van der Waals surface area contributed by atoms with Gasteiger partial charge in [-0.25, -0.2) is 0 Å². The maximum Gasteiger partial charge on any atom is 0.230 e. The number of thiophene rings is 1. The van der Waals surface area contributed by atoms with E-state index in [4.69, 9.17) is 11.6 Å². The third kappa shape index (κ3) is 2.33. The average molecular weight is 281 g/mol. The van der Waals surface area contributed by atoms with Gasteiger partial charge in [-0.3, -0.25) is 0 Å². The molecule has 0 unspecified atom stereocenters. The van der Waals surface area contributed by atoms with E-state index in [1.165, 1.54) is 17.7 Å². The van der Waals surface area contributed by atoms with Gasteiger partial charge < -0.3 is 4.90 Å². The number of hydrogen-bond donors (Lipinski definition) is 0. The summed E-state index contributed by atoms with van der Waals surface area (Å²) in [6, 6.07) is 4.09. The van der Waals surface area contributed by atoms with Crippen LogP contribution in [0.4, 0.5) is 5.95 Å².